The third-order valence-corrected chi connectivity index (χ3v) is 5.73. The van der Waals surface area contributed by atoms with Gasteiger partial charge in [-0.1, -0.05) is 12.1 Å². The Morgan fingerprint density at radius 1 is 1.00 bits per heavy atom. The monoisotopic (exact) mass is 602 g/mol. The van der Waals surface area contributed by atoms with Crippen LogP contribution in [0.25, 0.3) is 0 Å². The Morgan fingerprint density at radius 2 is 1.63 bits per heavy atom. The highest BCUT2D eigenvalue weighted by molar-refractivity contribution is 5.97. The number of nitrogens with two attached hydrogens (primary N) is 1. The van der Waals surface area contributed by atoms with Gasteiger partial charge in [-0.3, -0.25) is 29.8 Å². The number of primary amides is 1. The van der Waals surface area contributed by atoms with Gasteiger partial charge in [-0.25, -0.2) is 9.59 Å². The van der Waals surface area contributed by atoms with Gasteiger partial charge >= 0.3 is 12.2 Å². The Morgan fingerprint density at radius 3 is 2.16 bits per heavy atom. The molecule has 3 unspecified atom stereocenters. The predicted octanol–water partition coefficient (Wildman–Crippen LogP) is 0.811. The zero-order valence-electron chi connectivity index (χ0n) is 23.0. The number of hydrogen-bond acceptors (Lipinski definition) is 11. The molecular formula is C26H30N6O11. The number of nitro benzene ring substituents is 1. The highest BCUT2D eigenvalue weighted by atomic mass is 16.7. The van der Waals surface area contributed by atoms with Crippen molar-refractivity contribution in [1.29, 1.82) is 0 Å². The molecule has 0 radical (unpaired) electrons. The van der Waals surface area contributed by atoms with E-state index in [0.717, 1.165) is 0 Å². The van der Waals surface area contributed by atoms with Gasteiger partial charge in [-0.05, 0) is 43.7 Å². The molecule has 0 aliphatic heterocycles. The Balaban J connectivity index is 1.95. The van der Waals surface area contributed by atoms with Crippen molar-refractivity contribution in [3.05, 3.63) is 64.2 Å². The standard InChI is InChI=1S/C26H30N6O11/c1-14(28-23(35)15(2)29-25(37)38)21(12-33)31-20(11-22(27)34)24(36)30-17-5-3-16(4-6-17)13-42-26(39)43-19-9-7-18(8-10-19)32(40)41/h3-10,12,14-15,20-21,29,31H,11,13H2,1-2H3,(H2,27,34)(H,28,35)(H,30,36)(H,37,38)/t14?,15?,20?,21-/m1/s1. The molecule has 7 N–H and O–H groups in total. The summed E-state index contributed by atoms with van der Waals surface area (Å²) in [7, 11) is 0. The lowest BCUT2D eigenvalue weighted by molar-refractivity contribution is -0.384. The number of anilines is 1. The number of ether oxygens (including phenoxy) is 2. The summed E-state index contributed by atoms with van der Waals surface area (Å²) in [5.41, 5.74) is 5.90. The van der Waals surface area contributed by atoms with Crippen molar-refractivity contribution in [2.75, 3.05) is 5.32 Å². The second-order valence-electron chi connectivity index (χ2n) is 9.10. The molecule has 0 saturated heterocycles. The summed E-state index contributed by atoms with van der Waals surface area (Å²) in [4.78, 5) is 81.2. The van der Waals surface area contributed by atoms with E-state index >= 15 is 0 Å². The van der Waals surface area contributed by atoms with Crippen LogP contribution in [0.1, 0.15) is 25.8 Å². The normalized spacial score (nSPS) is 13.3. The average Bonchev–Trinajstić information content (AvgIpc) is 2.94. The van der Waals surface area contributed by atoms with Crippen LogP contribution in [0.4, 0.5) is 21.0 Å². The molecule has 0 bridgehead atoms. The molecule has 4 amide bonds. The van der Waals surface area contributed by atoms with Crippen LogP contribution in [0, 0.1) is 10.1 Å². The summed E-state index contributed by atoms with van der Waals surface area (Å²) in [5.74, 6) is -2.24. The minimum absolute atomic E-state index is 0.0473. The molecule has 0 saturated carbocycles. The third kappa shape index (κ3) is 11.4. The van der Waals surface area contributed by atoms with Crippen LogP contribution in [-0.4, -0.2) is 70.5 Å². The van der Waals surface area contributed by atoms with E-state index in [2.05, 4.69) is 16.0 Å². The lowest BCUT2D eigenvalue weighted by Crippen LogP contribution is -2.57. The molecule has 0 spiro atoms. The number of nitro groups is 1. The van der Waals surface area contributed by atoms with E-state index < -0.39 is 65.5 Å². The first kappa shape index (κ1) is 33.6. The maximum absolute atomic E-state index is 12.9. The zero-order chi connectivity index (χ0) is 32.1. The van der Waals surface area contributed by atoms with Gasteiger partial charge in [0.2, 0.25) is 17.7 Å². The van der Waals surface area contributed by atoms with Crippen LogP contribution in [0.5, 0.6) is 5.75 Å². The lowest BCUT2D eigenvalue weighted by atomic mass is 10.1. The number of carbonyl (C=O) groups excluding carboxylic acids is 5. The van der Waals surface area contributed by atoms with Crippen molar-refractivity contribution >= 4 is 47.6 Å². The predicted molar refractivity (Wildman–Crippen MR) is 148 cm³/mol. The third-order valence-electron chi connectivity index (χ3n) is 5.73. The SMILES string of the molecule is CC(NC(=O)O)C(=O)NC(C)[C@@H](C=O)NC(CC(N)=O)C(=O)Nc1ccc(COC(=O)Oc2ccc([N+](=O)[O-])cc2)cc1. The minimum Gasteiger partial charge on any atom is -0.465 e. The first-order valence-corrected chi connectivity index (χ1v) is 12.6. The van der Waals surface area contributed by atoms with Crippen molar-refractivity contribution in [1.82, 2.24) is 16.0 Å². The maximum Gasteiger partial charge on any atom is 0.514 e. The van der Waals surface area contributed by atoms with Crippen molar-refractivity contribution in [2.24, 2.45) is 5.73 Å². The second-order valence-corrected chi connectivity index (χ2v) is 9.10. The summed E-state index contributed by atoms with van der Waals surface area (Å²) in [6.45, 7) is 2.55. The highest BCUT2D eigenvalue weighted by Gasteiger charge is 2.28. The van der Waals surface area contributed by atoms with E-state index in [1.807, 2.05) is 5.32 Å². The summed E-state index contributed by atoms with van der Waals surface area (Å²) in [5, 5.41) is 29.1. The lowest BCUT2D eigenvalue weighted by Gasteiger charge is -2.27. The fraction of sp³-hybridized carbons (Fsp3) is 0.308. The van der Waals surface area contributed by atoms with Crippen LogP contribution in [0.2, 0.25) is 0 Å². The Kier molecular flexibility index (Phi) is 12.5. The minimum atomic E-state index is -1.42. The molecule has 2 aromatic rings. The largest absolute Gasteiger partial charge is 0.514 e. The number of benzene rings is 2. The molecule has 0 aliphatic rings. The Labute approximate surface area is 244 Å². The number of aldehydes is 1. The summed E-state index contributed by atoms with van der Waals surface area (Å²) < 4.78 is 9.96. The Hall–Kier alpha value is -5.58. The number of nitrogens with zero attached hydrogens (tertiary/aromatic N) is 1. The van der Waals surface area contributed by atoms with Crippen molar-refractivity contribution in [3.63, 3.8) is 0 Å². The van der Waals surface area contributed by atoms with Gasteiger partial charge in [0.05, 0.1) is 23.4 Å². The Bertz CT molecular complexity index is 1330. The molecule has 43 heavy (non-hydrogen) atoms. The number of non-ortho nitro benzene ring substituents is 1. The second kappa shape index (κ2) is 16.0. The highest BCUT2D eigenvalue weighted by Crippen LogP contribution is 2.18. The summed E-state index contributed by atoms with van der Waals surface area (Å²) >= 11 is 0. The van der Waals surface area contributed by atoms with Crippen molar-refractivity contribution < 1.29 is 48.3 Å². The first-order chi connectivity index (χ1) is 20.3. The molecule has 4 atom stereocenters. The smallest absolute Gasteiger partial charge is 0.465 e. The van der Waals surface area contributed by atoms with Crippen molar-refractivity contribution in [2.45, 2.75) is 51.0 Å². The maximum atomic E-state index is 12.9. The molecule has 2 rings (SSSR count). The zero-order valence-corrected chi connectivity index (χ0v) is 23.0. The van der Waals surface area contributed by atoms with E-state index in [9.17, 15) is 38.9 Å². The van der Waals surface area contributed by atoms with Gasteiger partial charge in [-0.15, -0.1) is 0 Å². The van der Waals surface area contributed by atoms with Gasteiger partial charge in [-0.2, -0.15) is 0 Å². The van der Waals surface area contributed by atoms with E-state index in [1.54, 1.807) is 0 Å². The number of hydrogen-bond donors (Lipinski definition) is 6. The van der Waals surface area contributed by atoms with Gasteiger partial charge < -0.3 is 41.1 Å². The van der Waals surface area contributed by atoms with E-state index in [1.165, 1.54) is 62.4 Å². The van der Waals surface area contributed by atoms with Crippen molar-refractivity contribution in [3.8, 4) is 5.75 Å². The van der Waals surface area contributed by atoms with Gasteiger partial charge in [0.1, 0.15) is 24.7 Å². The first-order valence-electron chi connectivity index (χ1n) is 12.6. The van der Waals surface area contributed by atoms with Gasteiger partial charge in [0.25, 0.3) is 5.69 Å². The number of amides is 4. The van der Waals surface area contributed by atoms with Crippen LogP contribution < -0.4 is 31.7 Å². The quantitative estimate of drug-likeness (QED) is 0.0544. The van der Waals surface area contributed by atoms with Crippen LogP contribution in [-0.2, 0) is 30.5 Å². The van der Waals surface area contributed by atoms with Crippen LogP contribution in [0.3, 0.4) is 0 Å². The molecule has 0 heterocycles. The number of rotatable bonds is 15. The van der Waals surface area contributed by atoms with E-state index in [4.69, 9.17) is 20.3 Å². The molecule has 17 heteroatoms. The number of nitrogens with one attached hydrogen (secondary N) is 4. The van der Waals surface area contributed by atoms with Gasteiger partial charge in [0, 0.05) is 23.9 Å². The fourth-order valence-corrected chi connectivity index (χ4v) is 3.47. The number of carboxylic acid groups (broad SMARTS) is 1. The van der Waals surface area contributed by atoms with E-state index in [-0.39, 0.29) is 23.7 Å². The molecule has 230 valence electrons. The molecule has 0 aliphatic carbocycles. The summed E-state index contributed by atoms with van der Waals surface area (Å²) in [6.07, 6.45) is -2.53. The molecule has 0 fully saturated rings. The molecule has 0 aromatic heterocycles. The van der Waals surface area contributed by atoms with Crippen LogP contribution >= 0.6 is 0 Å². The van der Waals surface area contributed by atoms with Gasteiger partial charge in [0.15, 0.2) is 0 Å². The molecule has 17 nitrogen and oxygen atoms in total. The number of carbonyl (C=O) groups is 6. The van der Waals surface area contributed by atoms with Crippen LogP contribution in [0.15, 0.2) is 48.5 Å². The van der Waals surface area contributed by atoms with E-state index in [0.29, 0.717) is 11.8 Å². The molecular weight excluding hydrogens is 572 g/mol. The summed E-state index contributed by atoms with van der Waals surface area (Å²) in [6, 6.07) is 6.39. The topological polar surface area (TPSA) is 258 Å². The molecule has 2 aromatic carbocycles. The fourth-order valence-electron chi connectivity index (χ4n) is 3.47. The average molecular weight is 603 g/mol.